The van der Waals surface area contributed by atoms with Crippen molar-refractivity contribution < 1.29 is 4.79 Å². The highest BCUT2D eigenvalue weighted by Crippen LogP contribution is 2.20. The van der Waals surface area contributed by atoms with Crippen molar-refractivity contribution in [1.29, 1.82) is 0 Å². The maximum atomic E-state index is 10.9. The Bertz CT molecular complexity index is 509. The van der Waals surface area contributed by atoms with Gasteiger partial charge in [0.1, 0.15) is 5.15 Å². The smallest absolute Gasteiger partial charge is 0.251 e. The summed E-state index contributed by atoms with van der Waals surface area (Å²) in [6, 6.07) is 1.70. The maximum Gasteiger partial charge on any atom is 0.251 e. The lowest BCUT2D eigenvalue weighted by Crippen LogP contribution is -2.02. The van der Waals surface area contributed by atoms with Gasteiger partial charge in [-0.1, -0.05) is 18.5 Å². The van der Waals surface area contributed by atoms with E-state index in [-0.39, 0.29) is 5.15 Å². The average molecular weight is 237 g/mol. The van der Waals surface area contributed by atoms with Crippen molar-refractivity contribution in [2.45, 2.75) is 13.3 Å². The summed E-state index contributed by atoms with van der Waals surface area (Å²) in [7, 11) is 0. The lowest BCUT2D eigenvalue weighted by atomic mass is 10.2. The van der Waals surface area contributed by atoms with E-state index in [4.69, 9.17) is 11.6 Å². The fourth-order valence-corrected chi connectivity index (χ4v) is 1.63. The number of hydrogen-bond donors (Lipinski definition) is 0. The summed E-state index contributed by atoms with van der Waals surface area (Å²) in [5.41, 5.74) is 1.05. The van der Waals surface area contributed by atoms with Crippen LogP contribution in [0.5, 0.6) is 0 Å². The lowest BCUT2D eigenvalue weighted by molar-refractivity contribution is 0.112. The average Bonchev–Trinajstić information content (AvgIpc) is 2.66. The molecular weight excluding hydrogens is 228 g/mol. The molecule has 0 unspecified atom stereocenters. The predicted octanol–water partition coefficient (Wildman–Crippen LogP) is 1.69. The van der Waals surface area contributed by atoms with Gasteiger partial charge in [0.25, 0.3) is 5.95 Å². The van der Waals surface area contributed by atoms with Crippen LogP contribution in [0.4, 0.5) is 0 Å². The molecule has 0 radical (unpaired) electrons. The summed E-state index contributed by atoms with van der Waals surface area (Å²) in [5, 5.41) is 4.45. The molecular formula is C10H9ClN4O. The molecule has 2 heterocycles. The second kappa shape index (κ2) is 4.40. The first kappa shape index (κ1) is 10.8. The van der Waals surface area contributed by atoms with E-state index in [9.17, 15) is 4.79 Å². The SMILES string of the molecule is CCc1nn(-c2ncccn2)c(Cl)c1C=O. The van der Waals surface area contributed by atoms with Crippen molar-refractivity contribution in [2.24, 2.45) is 0 Å². The first-order chi connectivity index (χ1) is 7.77. The number of halogens is 1. The maximum absolute atomic E-state index is 10.9. The molecule has 5 nitrogen and oxygen atoms in total. The summed E-state index contributed by atoms with van der Waals surface area (Å²) in [6.45, 7) is 1.90. The number of aryl methyl sites for hydroxylation is 1. The second-order valence-electron chi connectivity index (χ2n) is 3.08. The van der Waals surface area contributed by atoms with Crippen LogP contribution in [0.1, 0.15) is 23.0 Å². The summed E-state index contributed by atoms with van der Waals surface area (Å²) < 4.78 is 1.37. The summed E-state index contributed by atoms with van der Waals surface area (Å²) in [4.78, 5) is 18.9. The Balaban J connectivity index is 2.59. The van der Waals surface area contributed by atoms with Crippen molar-refractivity contribution in [3.63, 3.8) is 0 Å². The molecule has 0 saturated carbocycles. The van der Waals surface area contributed by atoms with Gasteiger partial charge in [-0.25, -0.2) is 9.97 Å². The zero-order valence-corrected chi connectivity index (χ0v) is 9.35. The van der Waals surface area contributed by atoms with Crippen LogP contribution >= 0.6 is 11.6 Å². The fraction of sp³-hybridized carbons (Fsp3) is 0.200. The summed E-state index contributed by atoms with van der Waals surface area (Å²) >= 11 is 6.03. The standard InChI is InChI=1S/C10H9ClN4O/c1-2-8-7(6-16)9(11)15(14-8)10-12-4-3-5-13-10/h3-6H,2H2,1H3. The van der Waals surface area contributed by atoms with E-state index < -0.39 is 0 Å². The van der Waals surface area contributed by atoms with E-state index in [2.05, 4.69) is 15.1 Å². The van der Waals surface area contributed by atoms with E-state index in [0.29, 0.717) is 29.9 Å². The summed E-state index contributed by atoms with van der Waals surface area (Å²) in [5.74, 6) is 0.357. The van der Waals surface area contributed by atoms with E-state index in [1.807, 2.05) is 6.92 Å². The van der Waals surface area contributed by atoms with Gasteiger partial charge in [0.05, 0.1) is 11.3 Å². The first-order valence-electron chi connectivity index (χ1n) is 4.78. The van der Waals surface area contributed by atoms with Crippen LogP contribution in [0.2, 0.25) is 5.15 Å². The van der Waals surface area contributed by atoms with Crippen LogP contribution in [0.3, 0.4) is 0 Å². The van der Waals surface area contributed by atoms with E-state index in [1.54, 1.807) is 18.5 Å². The Morgan fingerprint density at radius 1 is 1.44 bits per heavy atom. The third-order valence-electron chi connectivity index (χ3n) is 2.13. The molecule has 2 aromatic heterocycles. The van der Waals surface area contributed by atoms with Gasteiger partial charge in [0.2, 0.25) is 0 Å². The molecule has 0 aliphatic rings. The number of carbonyl (C=O) groups excluding carboxylic acids is 1. The number of aldehydes is 1. The highest BCUT2D eigenvalue weighted by Gasteiger charge is 2.16. The van der Waals surface area contributed by atoms with E-state index in [0.717, 1.165) is 0 Å². The molecule has 2 rings (SSSR count). The van der Waals surface area contributed by atoms with Crippen LogP contribution in [0.25, 0.3) is 5.95 Å². The van der Waals surface area contributed by atoms with Crippen LogP contribution in [0.15, 0.2) is 18.5 Å². The molecule has 0 bridgehead atoms. The fourth-order valence-electron chi connectivity index (χ4n) is 1.36. The van der Waals surface area contributed by atoms with Crippen molar-refractivity contribution in [3.05, 3.63) is 34.9 Å². The predicted molar refractivity (Wildman–Crippen MR) is 58.9 cm³/mol. The number of rotatable bonds is 3. The van der Waals surface area contributed by atoms with E-state index >= 15 is 0 Å². The zero-order valence-electron chi connectivity index (χ0n) is 8.59. The van der Waals surface area contributed by atoms with Crippen LogP contribution in [-0.4, -0.2) is 26.0 Å². The first-order valence-corrected chi connectivity index (χ1v) is 5.15. The minimum atomic E-state index is 0.248. The quantitative estimate of drug-likeness (QED) is 0.761. The molecule has 0 aliphatic carbocycles. The lowest BCUT2D eigenvalue weighted by Gasteiger charge is -1.98. The third-order valence-corrected chi connectivity index (χ3v) is 2.50. The van der Waals surface area contributed by atoms with Crippen molar-refractivity contribution in [1.82, 2.24) is 19.7 Å². The van der Waals surface area contributed by atoms with Gasteiger partial charge in [0, 0.05) is 12.4 Å². The molecule has 82 valence electrons. The number of carbonyl (C=O) groups is 1. The molecule has 0 aromatic carbocycles. The molecule has 0 saturated heterocycles. The molecule has 6 heteroatoms. The highest BCUT2D eigenvalue weighted by molar-refractivity contribution is 6.32. The summed E-state index contributed by atoms with van der Waals surface area (Å²) in [6.07, 6.45) is 4.51. The Morgan fingerprint density at radius 3 is 2.62 bits per heavy atom. The molecule has 16 heavy (non-hydrogen) atoms. The van der Waals surface area contributed by atoms with Crippen molar-refractivity contribution in [3.8, 4) is 5.95 Å². The number of hydrogen-bond acceptors (Lipinski definition) is 4. The molecule has 2 aromatic rings. The molecule has 0 spiro atoms. The molecule has 0 fully saturated rings. The van der Waals surface area contributed by atoms with Crippen molar-refractivity contribution in [2.75, 3.05) is 0 Å². The van der Waals surface area contributed by atoms with Crippen molar-refractivity contribution >= 4 is 17.9 Å². The molecule has 0 atom stereocenters. The van der Waals surface area contributed by atoms with Gasteiger partial charge in [-0.3, -0.25) is 4.79 Å². The molecule has 0 amide bonds. The minimum absolute atomic E-state index is 0.248. The van der Waals surface area contributed by atoms with Gasteiger partial charge in [-0.15, -0.1) is 0 Å². The third kappa shape index (κ3) is 1.69. The van der Waals surface area contributed by atoms with Gasteiger partial charge in [0.15, 0.2) is 6.29 Å². The minimum Gasteiger partial charge on any atom is -0.298 e. The highest BCUT2D eigenvalue weighted by atomic mass is 35.5. The number of nitrogens with zero attached hydrogens (tertiary/aromatic N) is 4. The zero-order chi connectivity index (χ0) is 11.5. The normalized spacial score (nSPS) is 10.4. The van der Waals surface area contributed by atoms with Gasteiger partial charge >= 0.3 is 0 Å². The molecule has 0 N–H and O–H groups in total. The molecule has 0 aliphatic heterocycles. The van der Waals surface area contributed by atoms with Gasteiger partial charge in [-0.05, 0) is 12.5 Å². The topological polar surface area (TPSA) is 60.7 Å². The Kier molecular flexibility index (Phi) is 2.96. The van der Waals surface area contributed by atoms with Crippen LogP contribution in [-0.2, 0) is 6.42 Å². The Labute approximate surface area is 97.1 Å². The number of aromatic nitrogens is 4. The van der Waals surface area contributed by atoms with Crippen LogP contribution in [0, 0.1) is 0 Å². The van der Waals surface area contributed by atoms with E-state index in [1.165, 1.54) is 4.68 Å². The Morgan fingerprint density at radius 2 is 2.12 bits per heavy atom. The monoisotopic (exact) mass is 236 g/mol. The van der Waals surface area contributed by atoms with Crippen LogP contribution < -0.4 is 0 Å². The largest absolute Gasteiger partial charge is 0.298 e. The van der Waals surface area contributed by atoms with Gasteiger partial charge < -0.3 is 0 Å². The Hall–Kier alpha value is -1.75. The van der Waals surface area contributed by atoms with Gasteiger partial charge in [-0.2, -0.15) is 9.78 Å². The second-order valence-corrected chi connectivity index (χ2v) is 3.44.